The van der Waals surface area contributed by atoms with Crippen LogP contribution in [0.1, 0.15) is 53.5 Å². The maximum atomic E-state index is 12.6. The quantitative estimate of drug-likeness (QED) is 0.914. The van der Waals surface area contributed by atoms with E-state index < -0.39 is 0 Å². The predicted molar refractivity (Wildman–Crippen MR) is 89.8 cm³/mol. The van der Waals surface area contributed by atoms with Gasteiger partial charge in [-0.15, -0.1) is 0 Å². The predicted octanol–water partition coefficient (Wildman–Crippen LogP) is 1.86. The Morgan fingerprint density at radius 3 is 3.00 bits per heavy atom. The molecule has 0 aromatic carbocycles. The number of pyridine rings is 1. The van der Waals surface area contributed by atoms with Crippen molar-refractivity contribution in [3.63, 3.8) is 0 Å². The van der Waals surface area contributed by atoms with Gasteiger partial charge in [-0.05, 0) is 43.7 Å². The molecule has 1 aromatic rings. The van der Waals surface area contributed by atoms with E-state index in [2.05, 4.69) is 17.2 Å². The highest BCUT2D eigenvalue weighted by Gasteiger charge is 2.23. The molecule has 3 rings (SSSR count). The van der Waals surface area contributed by atoms with E-state index in [9.17, 15) is 9.59 Å². The molecule has 2 aliphatic heterocycles. The fourth-order valence-corrected chi connectivity index (χ4v) is 3.34. The number of aromatic nitrogens is 1. The molecule has 2 atom stereocenters. The highest BCUT2D eigenvalue weighted by molar-refractivity contribution is 5.98. The second-order valence-corrected chi connectivity index (χ2v) is 6.77. The van der Waals surface area contributed by atoms with Crippen molar-refractivity contribution < 1.29 is 14.3 Å². The number of hydrogen-bond donors (Lipinski definition) is 1. The average Bonchev–Trinajstić information content (AvgIpc) is 3.12. The van der Waals surface area contributed by atoms with Crippen molar-refractivity contribution in [1.82, 2.24) is 15.2 Å². The first-order chi connectivity index (χ1) is 11.6. The molecule has 0 aliphatic carbocycles. The molecule has 2 unspecified atom stereocenters. The highest BCUT2D eigenvalue weighted by Crippen LogP contribution is 2.17. The van der Waals surface area contributed by atoms with E-state index in [4.69, 9.17) is 4.74 Å². The van der Waals surface area contributed by atoms with Gasteiger partial charge in [0.1, 0.15) is 5.69 Å². The zero-order valence-corrected chi connectivity index (χ0v) is 14.2. The van der Waals surface area contributed by atoms with Crippen molar-refractivity contribution in [3.8, 4) is 0 Å². The lowest BCUT2D eigenvalue weighted by Gasteiger charge is -2.30. The zero-order valence-electron chi connectivity index (χ0n) is 14.2. The van der Waals surface area contributed by atoms with E-state index >= 15 is 0 Å². The molecule has 6 nitrogen and oxygen atoms in total. The van der Waals surface area contributed by atoms with E-state index in [-0.39, 0.29) is 17.9 Å². The number of ether oxygens (including phenoxy) is 1. The molecular weight excluding hydrogens is 306 g/mol. The highest BCUT2D eigenvalue weighted by atomic mass is 16.5. The number of likely N-dealkylation sites (tertiary alicyclic amines) is 1. The van der Waals surface area contributed by atoms with Gasteiger partial charge in [0.25, 0.3) is 11.8 Å². The van der Waals surface area contributed by atoms with E-state index in [0.717, 1.165) is 45.4 Å². The number of nitrogens with one attached hydrogen (secondary N) is 1. The SMILES string of the molecule is CC1CCCN(C(=O)c2cc(C(=O)NCC3CCCO3)ccn2)C1. The monoisotopic (exact) mass is 331 g/mol. The molecule has 6 heteroatoms. The van der Waals surface area contributed by atoms with Crippen LogP contribution in [0.15, 0.2) is 18.3 Å². The molecule has 2 fully saturated rings. The van der Waals surface area contributed by atoms with Gasteiger partial charge in [-0.25, -0.2) is 0 Å². The molecule has 3 heterocycles. The van der Waals surface area contributed by atoms with Crippen LogP contribution in [0.4, 0.5) is 0 Å². The first kappa shape index (κ1) is 16.9. The Labute approximate surface area is 142 Å². The van der Waals surface area contributed by atoms with Gasteiger partial charge in [-0.3, -0.25) is 14.6 Å². The van der Waals surface area contributed by atoms with Crippen molar-refractivity contribution in [1.29, 1.82) is 0 Å². The number of rotatable bonds is 4. The molecule has 130 valence electrons. The second-order valence-electron chi connectivity index (χ2n) is 6.77. The van der Waals surface area contributed by atoms with Crippen LogP contribution in [-0.4, -0.2) is 54.0 Å². The third-order valence-electron chi connectivity index (χ3n) is 4.70. The third kappa shape index (κ3) is 4.12. The lowest BCUT2D eigenvalue weighted by Crippen LogP contribution is -2.39. The van der Waals surface area contributed by atoms with Gasteiger partial charge in [0.15, 0.2) is 0 Å². The zero-order chi connectivity index (χ0) is 16.9. The van der Waals surface area contributed by atoms with Gasteiger partial charge in [0.05, 0.1) is 6.10 Å². The number of nitrogens with zero attached hydrogens (tertiary/aromatic N) is 2. The van der Waals surface area contributed by atoms with Crippen LogP contribution in [0, 0.1) is 5.92 Å². The number of carbonyl (C=O) groups is 2. The third-order valence-corrected chi connectivity index (χ3v) is 4.70. The van der Waals surface area contributed by atoms with Crippen LogP contribution >= 0.6 is 0 Å². The van der Waals surface area contributed by atoms with Crippen LogP contribution in [0.5, 0.6) is 0 Å². The van der Waals surface area contributed by atoms with Gasteiger partial charge in [-0.2, -0.15) is 0 Å². The minimum atomic E-state index is -0.186. The summed E-state index contributed by atoms with van der Waals surface area (Å²) < 4.78 is 5.50. The lowest BCUT2D eigenvalue weighted by atomic mass is 10.00. The Morgan fingerprint density at radius 1 is 1.38 bits per heavy atom. The standard InChI is InChI=1S/C18H25N3O3/c1-13-4-2-8-21(12-13)18(23)16-10-14(6-7-19-16)17(22)20-11-15-5-3-9-24-15/h6-7,10,13,15H,2-5,8-9,11-12H2,1H3,(H,20,22). The smallest absolute Gasteiger partial charge is 0.272 e. The van der Waals surface area contributed by atoms with Gasteiger partial charge >= 0.3 is 0 Å². The lowest BCUT2D eigenvalue weighted by molar-refractivity contribution is 0.0677. The van der Waals surface area contributed by atoms with Crippen LogP contribution in [0.25, 0.3) is 0 Å². The summed E-state index contributed by atoms with van der Waals surface area (Å²) >= 11 is 0. The summed E-state index contributed by atoms with van der Waals surface area (Å²) in [6, 6.07) is 3.23. The molecule has 2 aliphatic rings. The first-order valence-corrected chi connectivity index (χ1v) is 8.78. The molecule has 0 spiro atoms. The molecule has 0 saturated carbocycles. The minimum absolute atomic E-state index is 0.0877. The van der Waals surface area contributed by atoms with Crippen LogP contribution < -0.4 is 5.32 Å². The molecule has 2 amide bonds. The molecule has 2 saturated heterocycles. The summed E-state index contributed by atoms with van der Waals surface area (Å²) in [6.07, 6.45) is 5.83. The maximum absolute atomic E-state index is 12.6. The van der Waals surface area contributed by atoms with Gasteiger partial charge in [0.2, 0.25) is 0 Å². The molecular formula is C18H25N3O3. The normalized spacial score (nSPS) is 24.0. The van der Waals surface area contributed by atoms with Crippen LogP contribution in [0.2, 0.25) is 0 Å². The van der Waals surface area contributed by atoms with E-state index in [0.29, 0.717) is 23.7 Å². The number of piperidine rings is 1. The Morgan fingerprint density at radius 2 is 2.25 bits per heavy atom. The summed E-state index contributed by atoms with van der Waals surface area (Å²) in [4.78, 5) is 30.9. The molecule has 24 heavy (non-hydrogen) atoms. The Hall–Kier alpha value is -1.95. The summed E-state index contributed by atoms with van der Waals surface area (Å²) in [5, 5.41) is 2.88. The van der Waals surface area contributed by atoms with E-state index in [1.807, 2.05) is 4.90 Å². The summed E-state index contributed by atoms with van der Waals surface area (Å²) in [7, 11) is 0. The summed E-state index contributed by atoms with van der Waals surface area (Å²) in [6.45, 7) is 4.95. The van der Waals surface area contributed by atoms with Gasteiger partial charge < -0.3 is 15.0 Å². The van der Waals surface area contributed by atoms with Crippen molar-refractivity contribution in [2.75, 3.05) is 26.2 Å². The Balaban J connectivity index is 1.62. The first-order valence-electron chi connectivity index (χ1n) is 8.78. The largest absolute Gasteiger partial charge is 0.376 e. The number of carbonyl (C=O) groups excluding carboxylic acids is 2. The topological polar surface area (TPSA) is 71.5 Å². The van der Waals surface area contributed by atoms with Gasteiger partial charge in [0, 0.05) is 38.0 Å². The molecule has 0 bridgehead atoms. The molecule has 0 radical (unpaired) electrons. The second kappa shape index (κ2) is 7.75. The Bertz CT molecular complexity index is 599. The van der Waals surface area contributed by atoms with Crippen molar-refractivity contribution in [3.05, 3.63) is 29.6 Å². The number of hydrogen-bond acceptors (Lipinski definition) is 4. The summed E-state index contributed by atoms with van der Waals surface area (Å²) in [5.74, 6) is 0.241. The van der Waals surface area contributed by atoms with Crippen molar-refractivity contribution >= 4 is 11.8 Å². The van der Waals surface area contributed by atoms with Crippen molar-refractivity contribution in [2.24, 2.45) is 5.92 Å². The van der Waals surface area contributed by atoms with Crippen LogP contribution in [0.3, 0.4) is 0 Å². The van der Waals surface area contributed by atoms with Gasteiger partial charge in [-0.1, -0.05) is 6.92 Å². The fourth-order valence-electron chi connectivity index (χ4n) is 3.34. The van der Waals surface area contributed by atoms with E-state index in [1.165, 1.54) is 6.20 Å². The van der Waals surface area contributed by atoms with Crippen molar-refractivity contribution in [2.45, 2.75) is 38.7 Å². The average molecular weight is 331 g/mol. The molecule has 1 aromatic heterocycles. The van der Waals surface area contributed by atoms with Crippen LogP contribution in [-0.2, 0) is 4.74 Å². The minimum Gasteiger partial charge on any atom is -0.376 e. The molecule has 1 N–H and O–H groups in total. The maximum Gasteiger partial charge on any atom is 0.272 e. The fraction of sp³-hybridized carbons (Fsp3) is 0.611. The van der Waals surface area contributed by atoms with E-state index in [1.54, 1.807) is 12.1 Å². The summed E-state index contributed by atoms with van der Waals surface area (Å²) in [5.41, 5.74) is 0.810. The number of amides is 2. The Kier molecular flexibility index (Phi) is 5.45.